The predicted octanol–water partition coefficient (Wildman–Crippen LogP) is 0.124. The van der Waals surface area contributed by atoms with Crippen LogP contribution in [0, 0.1) is 6.92 Å². The number of aromatic nitrogens is 2. The van der Waals surface area contributed by atoms with Crippen LogP contribution in [-0.4, -0.2) is 31.7 Å². The molecule has 0 saturated carbocycles. The van der Waals surface area contributed by atoms with Gasteiger partial charge >= 0.3 is 0 Å². The highest BCUT2D eigenvalue weighted by Gasteiger charge is 2.22. The lowest BCUT2D eigenvalue weighted by atomic mass is 10.3. The van der Waals surface area contributed by atoms with Gasteiger partial charge in [0.15, 0.2) is 0 Å². The third-order valence-electron chi connectivity index (χ3n) is 2.18. The zero-order valence-electron chi connectivity index (χ0n) is 9.96. The fraction of sp³-hybridized carbons (Fsp3) is 0.667. The average Bonchev–Trinajstić information content (AvgIpc) is 2.57. The van der Waals surface area contributed by atoms with Gasteiger partial charge in [-0.05, 0) is 14.0 Å². The minimum absolute atomic E-state index is 0.239. The third kappa shape index (κ3) is 2.81. The fourth-order valence-electron chi connectivity index (χ4n) is 1.35. The monoisotopic (exact) mass is 246 g/mol. The average molecular weight is 246 g/mol. The molecule has 92 valence electrons. The van der Waals surface area contributed by atoms with Crippen molar-refractivity contribution in [3.63, 3.8) is 0 Å². The molecule has 1 aromatic rings. The summed E-state index contributed by atoms with van der Waals surface area (Å²) in [6.07, 6.45) is 0. The maximum atomic E-state index is 11.7. The van der Waals surface area contributed by atoms with Gasteiger partial charge < -0.3 is 5.32 Å². The van der Waals surface area contributed by atoms with Crippen LogP contribution in [0.5, 0.6) is 0 Å². The predicted molar refractivity (Wildman–Crippen MR) is 61.5 cm³/mol. The van der Waals surface area contributed by atoms with Gasteiger partial charge in [0.2, 0.25) is 10.0 Å². The molecule has 1 rings (SSSR count). The van der Waals surface area contributed by atoms with Crippen molar-refractivity contribution in [1.82, 2.24) is 20.2 Å². The highest BCUT2D eigenvalue weighted by atomic mass is 32.2. The Labute approximate surface area is 95.9 Å². The van der Waals surface area contributed by atoms with Crippen molar-refractivity contribution < 1.29 is 8.42 Å². The molecule has 0 spiro atoms. The summed E-state index contributed by atoms with van der Waals surface area (Å²) in [5, 5.41) is 9.82. The Kier molecular flexibility index (Phi) is 4.06. The first-order chi connectivity index (χ1) is 7.38. The molecule has 16 heavy (non-hydrogen) atoms. The highest BCUT2D eigenvalue weighted by molar-refractivity contribution is 7.89. The second kappa shape index (κ2) is 4.94. The quantitative estimate of drug-likeness (QED) is 0.689. The number of rotatable bonds is 5. The second-order valence-electron chi connectivity index (χ2n) is 3.87. The first kappa shape index (κ1) is 13.1. The highest BCUT2D eigenvalue weighted by Crippen LogP contribution is 2.16. The number of hydrogen-bond acceptors (Lipinski definition) is 4. The smallest absolute Gasteiger partial charge is 0.244 e. The van der Waals surface area contributed by atoms with Crippen LogP contribution in [0.3, 0.4) is 0 Å². The van der Waals surface area contributed by atoms with Crippen LogP contribution in [-0.2, 0) is 16.6 Å². The molecule has 0 aliphatic heterocycles. The van der Waals surface area contributed by atoms with E-state index in [1.54, 1.807) is 6.92 Å². The van der Waals surface area contributed by atoms with Crippen molar-refractivity contribution in [1.29, 1.82) is 0 Å². The van der Waals surface area contributed by atoms with Crippen molar-refractivity contribution in [3.05, 3.63) is 11.4 Å². The van der Waals surface area contributed by atoms with Gasteiger partial charge in [-0.1, -0.05) is 13.8 Å². The summed E-state index contributed by atoms with van der Waals surface area (Å²) in [5.41, 5.74) is 1.07. The summed E-state index contributed by atoms with van der Waals surface area (Å²) in [4.78, 5) is 0.239. The van der Waals surface area contributed by atoms with Crippen LogP contribution in [0.2, 0.25) is 0 Å². The summed E-state index contributed by atoms with van der Waals surface area (Å²) < 4.78 is 25.8. The molecule has 0 fully saturated rings. The van der Waals surface area contributed by atoms with Crippen LogP contribution in [0.25, 0.3) is 0 Å². The van der Waals surface area contributed by atoms with Gasteiger partial charge in [0, 0.05) is 12.6 Å². The van der Waals surface area contributed by atoms with Crippen molar-refractivity contribution in [2.24, 2.45) is 0 Å². The van der Waals surface area contributed by atoms with Crippen molar-refractivity contribution in [2.75, 3.05) is 7.05 Å². The molecule has 0 atom stereocenters. The maximum absolute atomic E-state index is 11.7. The number of sulfonamides is 1. The van der Waals surface area contributed by atoms with E-state index in [9.17, 15) is 8.42 Å². The fourth-order valence-corrected chi connectivity index (χ4v) is 2.43. The van der Waals surface area contributed by atoms with E-state index in [1.807, 2.05) is 13.8 Å². The van der Waals surface area contributed by atoms with Gasteiger partial charge in [-0.25, -0.2) is 13.1 Å². The van der Waals surface area contributed by atoms with Crippen molar-refractivity contribution >= 4 is 10.0 Å². The van der Waals surface area contributed by atoms with Crippen LogP contribution in [0.1, 0.15) is 25.2 Å². The number of aryl methyl sites for hydroxylation is 1. The summed E-state index contributed by atoms with van der Waals surface area (Å²) in [6.45, 7) is 6.10. The van der Waals surface area contributed by atoms with Crippen molar-refractivity contribution in [2.45, 2.75) is 38.3 Å². The SMILES string of the molecule is CNS(=O)(=O)c1c(CNC(C)C)n[nH]c1C. The van der Waals surface area contributed by atoms with E-state index in [0.717, 1.165) is 0 Å². The van der Waals surface area contributed by atoms with Gasteiger partial charge in [0.25, 0.3) is 0 Å². The Morgan fingerprint density at radius 1 is 1.44 bits per heavy atom. The summed E-state index contributed by atoms with van der Waals surface area (Å²) in [5.74, 6) is 0. The first-order valence-electron chi connectivity index (χ1n) is 5.09. The normalized spacial score (nSPS) is 12.3. The third-order valence-corrected chi connectivity index (χ3v) is 3.79. The van der Waals surface area contributed by atoms with Gasteiger partial charge in [0.05, 0.1) is 11.4 Å². The van der Waals surface area contributed by atoms with E-state index in [4.69, 9.17) is 0 Å². The summed E-state index contributed by atoms with van der Waals surface area (Å²) in [7, 11) is -2.06. The van der Waals surface area contributed by atoms with Gasteiger partial charge in [-0.15, -0.1) is 0 Å². The zero-order valence-corrected chi connectivity index (χ0v) is 10.8. The lowest BCUT2D eigenvalue weighted by Gasteiger charge is -2.08. The Hall–Kier alpha value is -0.920. The van der Waals surface area contributed by atoms with E-state index < -0.39 is 10.0 Å². The number of nitrogens with zero attached hydrogens (tertiary/aromatic N) is 1. The van der Waals surface area contributed by atoms with E-state index in [0.29, 0.717) is 17.9 Å². The largest absolute Gasteiger partial charge is 0.309 e. The van der Waals surface area contributed by atoms with Crippen LogP contribution in [0.15, 0.2) is 4.90 Å². The molecular weight excluding hydrogens is 228 g/mol. The molecular formula is C9H18N4O2S. The molecule has 6 nitrogen and oxygen atoms in total. The zero-order chi connectivity index (χ0) is 12.3. The molecule has 7 heteroatoms. The minimum atomic E-state index is -3.45. The number of aromatic amines is 1. The van der Waals surface area contributed by atoms with Gasteiger partial charge in [-0.3, -0.25) is 5.10 Å². The molecule has 0 aliphatic rings. The molecule has 0 amide bonds. The molecule has 0 aliphatic carbocycles. The first-order valence-corrected chi connectivity index (χ1v) is 6.57. The number of hydrogen-bond donors (Lipinski definition) is 3. The minimum Gasteiger partial charge on any atom is -0.309 e. The Morgan fingerprint density at radius 3 is 2.56 bits per heavy atom. The molecule has 1 aromatic heterocycles. The maximum Gasteiger partial charge on any atom is 0.244 e. The Morgan fingerprint density at radius 2 is 2.06 bits per heavy atom. The van der Waals surface area contributed by atoms with Crippen LogP contribution in [0.4, 0.5) is 0 Å². The van der Waals surface area contributed by atoms with E-state index >= 15 is 0 Å². The Bertz CT molecular complexity index is 450. The van der Waals surface area contributed by atoms with Crippen LogP contribution >= 0.6 is 0 Å². The summed E-state index contributed by atoms with van der Waals surface area (Å²) in [6, 6.07) is 0.280. The molecule has 0 bridgehead atoms. The van der Waals surface area contributed by atoms with Gasteiger partial charge in [0.1, 0.15) is 4.90 Å². The number of H-pyrrole nitrogens is 1. The molecule has 0 saturated heterocycles. The standard InChI is InChI=1S/C9H18N4O2S/c1-6(2)11-5-8-9(7(3)12-13-8)16(14,15)10-4/h6,10-11H,5H2,1-4H3,(H,12,13). The lowest BCUT2D eigenvalue weighted by molar-refractivity contribution is 0.566. The van der Waals surface area contributed by atoms with Crippen LogP contribution < -0.4 is 10.0 Å². The van der Waals surface area contributed by atoms with Crippen molar-refractivity contribution in [3.8, 4) is 0 Å². The topological polar surface area (TPSA) is 86.9 Å². The molecule has 1 heterocycles. The summed E-state index contributed by atoms with van der Waals surface area (Å²) >= 11 is 0. The molecule has 0 aromatic carbocycles. The van der Waals surface area contributed by atoms with E-state index in [1.165, 1.54) is 7.05 Å². The Balaban J connectivity index is 3.04. The molecule has 3 N–H and O–H groups in total. The van der Waals surface area contributed by atoms with E-state index in [-0.39, 0.29) is 10.9 Å². The molecule has 0 unspecified atom stereocenters. The van der Waals surface area contributed by atoms with Gasteiger partial charge in [-0.2, -0.15) is 5.10 Å². The lowest BCUT2D eigenvalue weighted by Crippen LogP contribution is -2.25. The second-order valence-corrected chi connectivity index (χ2v) is 5.69. The van der Waals surface area contributed by atoms with E-state index in [2.05, 4.69) is 20.2 Å². The number of nitrogens with one attached hydrogen (secondary N) is 3. The molecule has 0 radical (unpaired) electrons.